The Morgan fingerprint density at radius 1 is 1.32 bits per heavy atom. The number of aromatic amines is 1. The number of hydrogen-bond acceptors (Lipinski definition) is 3. The molecule has 19 heavy (non-hydrogen) atoms. The third-order valence-corrected chi connectivity index (χ3v) is 3.42. The highest BCUT2D eigenvalue weighted by atomic mass is 16.5. The zero-order chi connectivity index (χ0) is 14.0. The number of nitrogens with two attached hydrogens (primary N) is 1. The second-order valence-electron chi connectivity index (χ2n) is 5.14. The van der Waals surface area contributed by atoms with E-state index >= 15 is 0 Å². The number of hydrogen-bond donors (Lipinski definition) is 2. The average Bonchev–Trinajstić information content (AvgIpc) is 2.69. The van der Waals surface area contributed by atoms with Crippen molar-refractivity contribution in [2.45, 2.75) is 20.3 Å². The van der Waals surface area contributed by atoms with Crippen molar-refractivity contribution in [2.75, 3.05) is 33.0 Å². The van der Waals surface area contributed by atoms with Gasteiger partial charge in [0.05, 0.1) is 5.52 Å². The quantitative estimate of drug-likeness (QED) is 0.813. The van der Waals surface area contributed by atoms with Crippen molar-refractivity contribution in [1.29, 1.82) is 0 Å². The van der Waals surface area contributed by atoms with Gasteiger partial charge in [0, 0.05) is 23.3 Å². The Balaban J connectivity index is 2.38. The fourth-order valence-corrected chi connectivity index (χ4v) is 2.40. The molecule has 0 aliphatic heterocycles. The van der Waals surface area contributed by atoms with Crippen molar-refractivity contribution < 1.29 is 4.74 Å². The van der Waals surface area contributed by atoms with Gasteiger partial charge in [-0.05, 0) is 45.1 Å². The van der Waals surface area contributed by atoms with Crippen LogP contribution in [0.3, 0.4) is 0 Å². The molecule has 0 bridgehead atoms. The fraction of sp³-hybridized carbons (Fsp3) is 0.467. The third-order valence-electron chi connectivity index (χ3n) is 3.42. The van der Waals surface area contributed by atoms with E-state index in [1.807, 2.05) is 26.2 Å². The summed E-state index contributed by atoms with van der Waals surface area (Å²) in [4.78, 5) is 5.51. The van der Waals surface area contributed by atoms with Gasteiger partial charge in [-0.25, -0.2) is 0 Å². The lowest BCUT2D eigenvalue weighted by Crippen LogP contribution is -2.19. The van der Waals surface area contributed by atoms with Gasteiger partial charge in [-0.2, -0.15) is 0 Å². The van der Waals surface area contributed by atoms with Crippen molar-refractivity contribution in [3.05, 3.63) is 23.4 Å². The minimum Gasteiger partial charge on any atom is -0.490 e. The number of fused-ring (bicyclic) bond motifs is 1. The number of rotatable bonds is 5. The van der Waals surface area contributed by atoms with Crippen LogP contribution in [-0.4, -0.2) is 37.1 Å². The average molecular weight is 261 g/mol. The maximum atomic E-state index is 6.11. The summed E-state index contributed by atoms with van der Waals surface area (Å²) in [6, 6.07) is 3.88. The highest BCUT2D eigenvalue weighted by Gasteiger charge is 2.13. The van der Waals surface area contributed by atoms with Gasteiger partial charge < -0.3 is 20.4 Å². The Morgan fingerprint density at radius 3 is 2.68 bits per heavy atom. The Hall–Kier alpha value is -1.68. The molecular formula is C15H23N3O. The molecule has 4 heteroatoms. The van der Waals surface area contributed by atoms with Crippen molar-refractivity contribution in [1.82, 2.24) is 9.88 Å². The SMILES string of the molecule is CCc1c(C)[nH]c2c(OCCN(C)C)ccc(N)c12. The van der Waals surface area contributed by atoms with Gasteiger partial charge in [0.25, 0.3) is 0 Å². The van der Waals surface area contributed by atoms with Gasteiger partial charge in [-0.1, -0.05) is 6.92 Å². The van der Waals surface area contributed by atoms with Crippen molar-refractivity contribution in [3.8, 4) is 5.75 Å². The van der Waals surface area contributed by atoms with Gasteiger partial charge in [-0.15, -0.1) is 0 Å². The molecule has 0 aliphatic rings. The maximum absolute atomic E-state index is 6.11. The second-order valence-corrected chi connectivity index (χ2v) is 5.14. The third kappa shape index (κ3) is 2.68. The molecule has 0 radical (unpaired) electrons. The van der Waals surface area contributed by atoms with Crippen LogP contribution in [0.5, 0.6) is 5.75 Å². The zero-order valence-electron chi connectivity index (χ0n) is 12.2. The molecule has 1 aromatic heterocycles. The largest absolute Gasteiger partial charge is 0.490 e. The van der Waals surface area contributed by atoms with E-state index in [0.717, 1.165) is 35.3 Å². The van der Waals surface area contributed by atoms with Crippen molar-refractivity contribution in [3.63, 3.8) is 0 Å². The Bertz CT molecular complexity index is 572. The van der Waals surface area contributed by atoms with E-state index in [1.54, 1.807) is 0 Å². The maximum Gasteiger partial charge on any atom is 0.143 e. The van der Waals surface area contributed by atoms with Crippen molar-refractivity contribution in [2.24, 2.45) is 0 Å². The molecule has 4 nitrogen and oxygen atoms in total. The molecule has 0 aliphatic carbocycles. The monoisotopic (exact) mass is 261 g/mol. The number of nitrogens with one attached hydrogen (secondary N) is 1. The lowest BCUT2D eigenvalue weighted by Gasteiger charge is -2.12. The van der Waals surface area contributed by atoms with E-state index in [9.17, 15) is 0 Å². The van der Waals surface area contributed by atoms with Crippen LogP contribution < -0.4 is 10.5 Å². The van der Waals surface area contributed by atoms with E-state index in [0.29, 0.717) is 6.61 Å². The first kappa shape index (κ1) is 13.7. The highest BCUT2D eigenvalue weighted by Crippen LogP contribution is 2.34. The highest BCUT2D eigenvalue weighted by molar-refractivity contribution is 5.98. The van der Waals surface area contributed by atoms with Crippen LogP contribution in [0, 0.1) is 6.92 Å². The van der Waals surface area contributed by atoms with Crippen LogP contribution in [0.4, 0.5) is 5.69 Å². The molecule has 1 heterocycles. The minimum atomic E-state index is 0.672. The molecular weight excluding hydrogens is 238 g/mol. The summed E-state index contributed by atoms with van der Waals surface area (Å²) < 4.78 is 5.87. The molecule has 1 aromatic carbocycles. The lowest BCUT2D eigenvalue weighted by molar-refractivity contribution is 0.263. The summed E-state index contributed by atoms with van der Waals surface area (Å²) >= 11 is 0. The molecule has 104 valence electrons. The smallest absolute Gasteiger partial charge is 0.143 e. The molecule has 0 atom stereocenters. The Kier molecular flexibility index (Phi) is 4.00. The first-order valence-electron chi connectivity index (χ1n) is 6.71. The number of H-pyrrole nitrogens is 1. The van der Waals surface area contributed by atoms with Crippen LogP contribution in [-0.2, 0) is 6.42 Å². The normalized spacial score (nSPS) is 11.4. The van der Waals surface area contributed by atoms with Crippen LogP contribution in [0.2, 0.25) is 0 Å². The number of likely N-dealkylation sites (N-methyl/N-ethyl adjacent to an activating group) is 1. The Morgan fingerprint density at radius 2 is 2.05 bits per heavy atom. The van der Waals surface area contributed by atoms with Crippen LogP contribution in [0.25, 0.3) is 10.9 Å². The summed E-state index contributed by atoms with van der Waals surface area (Å²) in [5.41, 5.74) is 10.4. The summed E-state index contributed by atoms with van der Waals surface area (Å²) in [6.45, 7) is 5.80. The van der Waals surface area contributed by atoms with Gasteiger partial charge in [0.15, 0.2) is 0 Å². The van der Waals surface area contributed by atoms with Crippen LogP contribution in [0.15, 0.2) is 12.1 Å². The fourth-order valence-electron chi connectivity index (χ4n) is 2.40. The number of aromatic nitrogens is 1. The number of aryl methyl sites for hydroxylation is 2. The molecule has 0 amide bonds. The summed E-state index contributed by atoms with van der Waals surface area (Å²) in [6.07, 6.45) is 0.969. The van der Waals surface area contributed by atoms with E-state index < -0.39 is 0 Å². The minimum absolute atomic E-state index is 0.672. The molecule has 0 fully saturated rings. The van der Waals surface area contributed by atoms with Crippen molar-refractivity contribution >= 4 is 16.6 Å². The summed E-state index contributed by atoms with van der Waals surface area (Å²) in [7, 11) is 4.08. The first-order chi connectivity index (χ1) is 9.04. The molecule has 2 rings (SSSR count). The van der Waals surface area contributed by atoms with Gasteiger partial charge in [0.2, 0.25) is 0 Å². The van der Waals surface area contributed by atoms with Gasteiger partial charge >= 0.3 is 0 Å². The number of ether oxygens (including phenoxy) is 1. The number of benzene rings is 1. The van der Waals surface area contributed by atoms with Gasteiger partial charge in [0.1, 0.15) is 12.4 Å². The number of nitrogens with zero attached hydrogens (tertiary/aromatic N) is 1. The second kappa shape index (κ2) is 5.53. The molecule has 0 saturated carbocycles. The van der Waals surface area contributed by atoms with Crippen LogP contribution in [0.1, 0.15) is 18.2 Å². The summed E-state index contributed by atoms with van der Waals surface area (Å²) in [5.74, 6) is 0.883. The van der Waals surface area contributed by atoms with E-state index in [2.05, 4.69) is 23.7 Å². The first-order valence-corrected chi connectivity index (χ1v) is 6.71. The summed E-state index contributed by atoms with van der Waals surface area (Å²) in [5, 5.41) is 1.11. The molecule has 2 aromatic rings. The molecule has 0 spiro atoms. The topological polar surface area (TPSA) is 54.3 Å². The van der Waals surface area contributed by atoms with E-state index in [1.165, 1.54) is 11.3 Å². The van der Waals surface area contributed by atoms with Crippen LogP contribution >= 0.6 is 0 Å². The Labute approximate surface area is 114 Å². The lowest BCUT2D eigenvalue weighted by atomic mass is 10.1. The predicted octanol–water partition coefficient (Wildman–Crippen LogP) is 2.56. The molecule has 0 saturated heterocycles. The zero-order valence-corrected chi connectivity index (χ0v) is 12.2. The number of nitrogen functional groups attached to an aromatic ring is 1. The predicted molar refractivity (Wildman–Crippen MR) is 80.9 cm³/mol. The van der Waals surface area contributed by atoms with E-state index in [-0.39, 0.29) is 0 Å². The molecule has 0 unspecified atom stereocenters. The molecule has 3 N–H and O–H groups in total. The number of anilines is 1. The van der Waals surface area contributed by atoms with E-state index in [4.69, 9.17) is 10.5 Å². The standard InChI is InChI=1S/C15H23N3O/c1-5-11-10(2)17-15-13(19-9-8-18(3)4)7-6-12(16)14(11)15/h6-7,17H,5,8-9,16H2,1-4H3. The van der Waals surface area contributed by atoms with Gasteiger partial charge in [-0.3, -0.25) is 0 Å².